The molecule has 2 rings (SSSR count). The van der Waals surface area contributed by atoms with E-state index < -0.39 is 0 Å². The molecule has 10 heavy (non-hydrogen) atoms. The second-order valence-electron chi connectivity index (χ2n) is 2.68. The zero-order chi connectivity index (χ0) is 6.97. The Morgan fingerprint density at radius 3 is 3.00 bits per heavy atom. The Hall–Kier alpha value is -0.990. The zero-order valence-electron chi connectivity index (χ0n) is 5.92. The molecule has 1 fully saturated rings. The number of hydrogen-bond donors (Lipinski definition) is 1. The molecule has 3 heteroatoms. The summed E-state index contributed by atoms with van der Waals surface area (Å²) in [5.41, 5.74) is 1.02. The summed E-state index contributed by atoms with van der Waals surface area (Å²) >= 11 is 0. The van der Waals surface area contributed by atoms with Gasteiger partial charge in [0.2, 0.25) is 0 Å². The van der Waals surface area contributed by atoms with Crippen LogP contribution in [0.2, 0.25) is 0 Å². The summed E-state index contributed by atoms with van der Waals surface area (Å²) in [7, 11) is 0. The van der Waals surface area contributed by atoms with Crippen molar-refractivity contribution in [1.82, 2.24) is 10.2 Å². The van der Waals surface area contributed by atoms with E-state index in [0.29, 0.717) is 6.10 Å². The minimum atomic E-state index is 0.469. The van der Waals surface area contributed by atoms with Crippen LogP contribution in [0.1, 0.15) is 18.5 Å². The highest BCUT2D eigenvalue weighted by molar-refractivity contribution is 5.22. The monoisotopic (exact) mass is 138 g/mol. The maximum Gasteiger partial charge on any atom is 0.160 e. The molecule has 3 nitrogen and oxygen atoms in total. The normalized spacial score (nSPS) is 17.3. The molecule has 1 aromatic heterocycles. The van der Waals surface area contributed by atoms with Crippen LogP contribution in [-0.4, -0.2) is 16.3 Å². The maximum absolute atomic E-state index is 5.50. The van der Waals surface area contributed by atoms with Gasteiger partial charge in [-0.15, -0.1) is 0 Å². The van der Waals surface area contributed by atoms with E-state index in [1.165, 1.54) is 12.8 Å². The van der Waals surface area contributed by atoms with Gasteiger partial charge in [-0.3, -0.25) is 5.10 Å². The minimum Gasteiger partial charge on any atom is -0.487 e. The van der Waals surface area contributed by atoms with Gasteiger partial charge >= 0.3 is 0 Å². The summed E-state index contributed by atoms with van der Waals surface area (Å²) in [4.78, 5) is 0. The van der Waals surface area contributed by atoms with Gasteiger partial charge in [0.25, 0.3) is 0 Å². The van der Waals surface area contributed by atoms with Gasteiger partial charge in [0, 0.05) is 0 Å². The third kappa shape index (κ3) is 0.988. The number of aryl methyl sites for hydroxylation is 1. The SMILES string of the molecule is Cc1[nH]ncc1OC1CC1. The van der Waals surface area contributed by atoms with Crippen LogP contribution in [0.3, 0.4) is 0 Å². The fraction of sp³-hybridized carbons (Fsp3) is 0.571. The fourth-order valence-corrected chi connectivity index (χ4v) is 0.824. The molecular formula is C7H10N2O. The molecule has 0 atom stereocenters. The summed E-state index contributed by atoms with van der Waals surface area (Å²) in [5.74, 6) is 0.905. The smallest absolute Gasteiger partial charge is 0.160 e. The van der Waals surface area contributed by atoms with Crippen molar-refractivity contribution in [1.29, 1.82) is 0 Å². The molecule has 1 aliphatic carbocycles. The van der Waals surface area contributed by atoms with Gasteiger partial charge in [0.05, 0.1) is 18.0 Å². The summed E-state index contributed by atoms with van der Waals surface area (Å²) in [5, 5.41) is 6.68. The predicted octanol–water partition coefficient (Wildman–Crippen LogP) is 1.26. The first-order valence-electron chi connectivity index (χ1n) is 3.53. The molecule has 0 saturated heterocycles. The molecule has 0 amide bonds. The molecule has 1 heterocycles. The van der Waals surface area contributed by atoms with Crippen molar-refractivity contribution in [2.24, 2.45) is 0 Å². The largest absolute Gasteiger partial charge is 0.487 e. The van der Waals surface area contributed by atoms with Gasteiger partial charge in [0.15, 0.2) is 5.75 Å². The van der Waals surface area contributed by atoms with Crippen molar-refractivity contribution in [3.63, 3.8) is 0 Å². The van der Waals surface area contributed by atoms with E-state index in [1.54, 1.807) is 6.20 Å². The molecule has 1 aromatic rings. The van der Waals surface area contributed by atoms with Crippen molar-refractivity contribution < 1.29 is 4.74 Å². The molecule has 0 aliphatic heterocycles. The number of aromatic amines is 1. The Morgan fingerprint density at radius 1 is 1.70 bits per heavy atom. The van der Waals surface area contributed by atoms with E-state index in [0.717, 1.165) is 11.4 Å². The van der Waals surface area contributed by atoms with Crippen LogP contribution >= 0.6 is 0 Å². The Bertz CT molecular complexity index is 227. The topological polar surface area (TPSA) is 37.9 Å². The lowest BCUT2D eigenvalue weighted by molar-refractivity contribution is 0.301. The number of H-pyrrole nitrogens is 1. The third-order valence-corrected chi connectivity index (χ3v) is 1.60. The molecule has 0 bridgehead atoms. The van der Waals surface area contributed by atoms with E-state index in [4.69, 9.17) is 4.74 Å². The number of hydrogen-bond acceptors (Lipinski definition) is 2. The average Bonchev–Trinajstić information content (AvgIpc) is 2.62. The molecule has 1 aliphatic rings. The van der Waals surface area contributed by atoms with Crippen molar-refractivity contribution in [2.45, 2.75) is 25.9 Å². The quantitative estimate of drug-likeness (QED) is 0.668. The second kappa shape index (κ2) is 2.01. The van der Waals surface area contributed by atoms with Crippen LogP contribution < -0.4 is 4.74 Å². The van der Waals surface area contributed by atoms with E-state index >= 15 is 0 Å². The highest BCUT2D eigenvalue weighted by Crippen LogP contribution is 2.27. The Morgan fingerprint density at radius 2 is 2.50 bits per heavy atom. The fourth-order valence-electron chi connectivity index (χ4n) is 0.824. The summed E-state index contributed by atoms with van der Waals surface area (Å²) in [6.45, 7) is 1.96. The van der Waals surface area contributed by atoms with Gasteiger partial charge in [-0.25, -0.2) is 0 Å². The van der Waals surface area contributed by atoms with Crippen molar-refractivity contribution in [3.05, 3.63) is 11.9 Å². The number of aromatic nitrogens is 2. The number of ether oxygens (including phenoxy) is 1. The number of nitrogens with one attached hydrogen (secondary N) is 1. The Labute approximate surface area is 59.4 Å². The van der Waals surface area contributed by atoms with Crippen LogP contribution in [0.25, 0.3) is 0 Å². The zero-order valence-corrected chi connectivity index (χ0v) is 5.92. The number of nitrogens with zero attached hydrogens (tertiary/aromatic N) is 1. The first kappa shape index (κ1) is 5.77. The van der Waals surface area contributed by atoms with Crippen LogP contribution in [-0.2, 0) is 0 Å². The summed E-state index contributed by atoms with van der Waals surface area (Å²) < 4.78 is 5.50. The molecule has 1 N–H and O–H groups in total. The molecule has 0 radical (unpaired) electrons. The lowest BCUT2D eigenvalue weighted by Gasteiger charge is -1.99. The standard InChI is InChI=1S/C7H10N2O/c1-5-7(4-8-9-5)10-6-2-3-6/h4,6H,2-3H2,1H3,(H,8,9). The highest BCUT2D eigenvalue weighted by Gasteiger charge is 2.24. The molecule has 0 unspecified atom stereocenters. The molecule has 1 saturated carbocycles. The Kier molecular flexibility index (Phi) is 1.16. The Balaban J connectivity index is 2.08. The summed E-state index contributed by atoms with van der Waals surface area (Å²) in [6, 6.07) is 0. The van der Waals surface area contributed by atoms with Crippen LogP contribution in [0, 0.1) is 6.92 Å². The van der Waals surface area contributed by atoms with E-state index in [1.807, 2.05) is 6.92 Å². The van der Waals surface area contributed by atoms with E-state index in [2.05, 4.69) is 10.2 Å². The van der Waals surface area contributed by atoms with Gasteiger partial charge in [-0.05, 0) is 19.8 Å². The molecular weight excluding hydrogens is 128 g/mol. The van der Waals surface area contributed by atoms with Gasteiger partial charge in [-0.1, -0.05) is 0 Å². The van der Waals surface area contributed by atoms with Crippen molar-refractivity contribution in [3.8, 4) is 5.75 Å². The average molecular weight is 138 g/mol. The van der Waals surface area contributed by atoms with Crippen LogP contribution in [0.15, 0.2) is 6.20 Å². The van der Waals surface area contributed by atoms with E-state index in [9.17, 15) is 0 Å². The number of rotatable bonds is 2. The van der Waals surface area contributed by atoms with Gasteiger partial charge in [-0.2, -0.15) is 5.10 Å². The molecule has 0 aromatic carbocycles. The van der Waals surface area contributed by atoms with E-state index in [-0.39, 0.29) is 0 Å². The highest BCUT2D eigenvalue weighted by atomic mass is 16.5. The molecule has 0 spiro atoms. The summed E-state index contributed by atoms with van der Waals surface area (Å²) in [6.07, 6.45) is 4.60. The van der Waals surface area contributed by atoms with Gasteiger partial charge < -0.3 is 4.74 Å². The lowest BCUT2D eigenvalue weighted by atomic mass is 10.4. The molecule has 54 valence electrons. The minimum absolute atomic E-state index is 0.469. The van der Waals surface area contributed by atoms with Crippen LogP contribution in [0.5, 0.6) is 5.75 Å². The first-order valence-corrected chi connectivity index (χ1v) is 3.53. The van der Waals surface area contributed by atoms with Crippen LogP contribution in [0.4, 0.5) is 0 Å². The first-order chi connectivity index (χ1) is 4.86. The van der Waals surface area contributed by atoms with Crippen molar-refractivity contribution >= 4 is 0 Å². The third-order valence-electron chi connectivity index (χ3n) is 1.60. The second-order valence-corrected chi connectivity index (χ2v) is 2.68. The maximum atomic E-state index is 5.50. The predicted molar refractivity (Wildman–Crippen MR) is 37.0 cm³/mol. The lowest BCUT2D eigenvalue weighted by Crippen LogP contribution is -1.95. The van der Waals surface area contributed by atoms with Crippen molar-refractivity contribution in [2.75, 3.05) is 0 Å². The van der Waals surface area contributed by atoms with Gasteiger partial charge in [0.1, 0.15) is 0 Å².